The summed E-state index contributed by atoms with van der Waals surface area (Å²) in [5.74, 6) is -0.461. The summed E-state index contributed by atoms with van der Waals surface area (Å²) >= 11 is 0. The lowest BCUT2D eigenvalue weighted by molar-refractivity contribution is -0.0172. The number of aliphatic hydroxyl groups is 1. The van der Waals surface area contributed by atoms with Crippen LogP contribution in [0, 0.1) is 0 Å². The molecule has 0 unspecified atom stereocenters. The van der Waals surface area contributed by atoms with Crippen molar-refractivity contribution in [2.75, 3.05) is 0 Å². The molecule has 0 aromatic heterocycles. The number of ether oxygens (including phenoxy) is 1. The Kier molecular flexibility index (Phi) is 3.11. The molecule has 0 heterocycles. The summed E-state index contributed by atoms with van der Waals surface area (Å²) < 4.78 is 5.67. The molecule has 106 valence electrons. The molecule has 3 rings (SSSR count). The summed E-state index contributed by atoms with van der Waals surface area (Å²) in [6, 6.07) is 15.2. The van der Waals surface area contributed by atoms with Gasteiger partial charge in [-0.3, -0.25) is 9.59 Å². The molecule has 0 fully saturated rings. The van der Waals surface area contributed by atoms with Crippen LogP contribution in [0.3, 0.4) is 0 Å². The van der Waals surface area contributed by atoms with Gasteiger partial charge < -0.3 is 9.84 Å². The van der Waals surface area contributed by atoms with Crippen molar-refractivity contribution in [2.24, 2.45) is 0 Å². The lowest BCUT2D eigenvalue weighted by Gasteiger charge is -2.36. The van der Waals surface area contributed by atoms with Crippen LogP contribution in [0.1, 0.15) is 27.6 Å². The van der Waals surface area contributed by atoms with E-state index in [4.69, 9.17) is 4.74 Å². The van der Waals surface area contributed by atoms with Gasteiger partial charge in [0.2, 0.25) is 11.4 Å². The van der Waals surface area contributed by atoms with Gasteiger partial charge in [-0.25, -0.2) is 0 Å². The molecule has 0 saturated heterocycles. The Morgan fingerprint density at radius 3 is 2.19 bits per heavy atom. The minimum atomic E-state index is -1.62. The second-order valence-electron chi connectivity index (χ2n) is 5.16. The first-order valence-corrected chi connectivity index (χ1v) is 6.64. The number of carbonyl (C=O) groups is 2. The number of carbonyl (C=O) groups excluding carboxylic acids is 2. The molecule has 2 aromatic carbocycles. The van der Waals surface area contributed by atoms with E-state index in [2.05, 4.69) is 0 Å². The van der Waals surface area contributed by atoms with Crippen molar-refractivity contribution >= 4 is 11.6 Å². The number of Topliss-reactive ketones (excluding diaryl/α,β-unsaturated/α-hetero) is 2. The number of aliphatic hydroxyl groups excluding tert-OH is 1. The number of benzene rings is 2. The molecular formula is C17H14O4. The molecule has 1 aliphatic rings. The zero-order valence-corrected chi connectivity index (χ0v) is 11.4. The number of fused-ring (bicyclic) bond motifs is 1. The molecule has 0 bridgehead atoms. The minimum absolute atomic E-state index is 0.240. The van der Waals surface area contributed by atoms with Crippen LogP contribution in [0.2, 0.25) is 0 Å². The van der Waals surface area contributed by atoms with E-state index in [0.29, 0.717) is 5.75 Å². The number of hydrogen-bond donors (Lipinski definition) is 1. The first-order chi connectivity index (χ1) is 10.0. The number of para-hydroxylation sites is 1. The van der Waals surface area contributed by atoms with E-state index in [1.54, 1.807) is 48.5 Å². The van der Waals surface area contributed by atoms with Crippen molar-refractivity contribution in [3.8, 4) is 5.75 Å². The van der Waals surface area contributed by atoms with Crippen molar-refractivity contribution in [3.63, 3.8) is 0 Å². The third-order valence-electron chi connectivity index (χ3n) is 3.73. The summed E-state index contributed by atoms with van der Waals surface area (Å²) in [6.45, 7) is 1.45. The topological polar surface area (TPSA) is 63.6 Å². The Balaban J connectivity index is 2.07. The van der Waals surface area contributed by atoms with Crippen LogP contribution in [-0.4, -0.2) is 28.4 Å². The normalized spacial score (nSPS) is 24.6. The largest absolute Gasteiger partial charge is 0.476 e. The minimum Gasteiger partial charge on any atom is -0.476 e. The SMILES string of the molecule is C[C@]1(Oc2ccccc2)C(=O)c2ccccc2C(=O)[C@@H]1O. The predicted octanol–water partition coefficient (Wildman–Crippen LogP) is 2.26. The molecule has 21 heavy (non-hydrogen) atoms. The Labute approximate surface area is 122 Å². The van der Waals surface area contributed by atoms with Crippen molar-refractivity contribution in [1.82, 2.24) is 0 Å². The maximum absolute atomic E-state index is 12.7. The number of ketones is 2. The first kappa shape index (κ1) is 13.5. The molecule has 1 N–H and O–H groups in total. The molecular weight excluding hydrogens is 268 g/mol. The zero-order valence-electron chi connectivity index (χ0n) is 11.4. The van der Waals surface area contributed by atoms with E-state index >= 15 is 0 Å². The second kappa shape index (κ2) is 4.82. The lowest BCUT2D eigenvalue weighted by atomic mass is 9.77. The van der Waals surface area contributed by atoms with Crippen molar-refractivity contribution < 1.29 is 19.4 Å². The highest BCUT2D eigenvalue weighted by Gasteiger charge is 2.52. The monoisotopic (exact) mass is 282 g/mol. The second-order valence-corrected chi connectivity index (χ2v) is 5.16. The van der Waals surface area contributed by atoms with Gasteiger partial charge in [-0.05, 0) is 19.1 Å². The van der Waals surface area contributed by atoms with Crippen LogP contribution >= 0.6 is 0 Å². The summed E-state index contributed by atoms with van der Waals surface area (Å²) in [5.41, 5.74) is -1.09. The average Bonchev–Trinajstić information content (AvgIpc) is 2.52. The van der Waals surface area contributed by atoms with Crippen LogP contribution in [-0.2, 0) is 0 Å². The Morgan fingerprint density at radius 1 is 0.952 bits per heavy atom. The number of rotatable bonds is 2. The highest BCUT2D eigenvalue weighted by molar-refractivity contribution is 6.20. The maximum Gasteiger partial charge on any atom is 0.210 e. The van der Waals surface area contributed by atoms with Crippen LogP contribution in [0.25, 0.3) is 0 Å². The van der Waals surface area contributed by atoms with Gasteiger partial charge in [0.1, 0.15) is 5.75 Å². The van der Waals surface area contributed by atoms with Gasteiger partial charge in [0.05, 0.1) is 0 Å². The molecule has 1 aliphatic carbocycles. The molecule has 4 heteroatoms. The summed E-state index contributed by atoms with van der Waals surface area (Å²) in [5, 5.41) is 10.3. The summed E-state index contributed by atoms with van der Waals surface area (Å²) in [7, 11) is 0. The van der Waals surface area contributed by atoms with Crippen LogP contribution in [0.15, 0.2) is 54.6 Å². The standard InChI is InChI=1S/C17H14O4/c1-17(21-11-7-3-2-4-8-11)15(19)13-10-6-5-9-12(13)14(18)16(17)20/h2-10,16,20H,1H3/t16-,17-/m0/s1. The smallest absolute Gasteiger partial charge is 0.210 e. The van der Waals surface area contributed by atoms with E-state index in [1.807, 2.05) is 6.07 Å². The first-order valence-electron chi connectivity index (χ1n) is 6.64. The van der Waals surface area contributed by atoms with Crippen molar-refractivity contribution in [1.29, 1.82) is 0 Å². The lowest BCUT2D eigenvalue weighted by Crippen LogP contribution is -2.58. The molecule has 2 atom stereocenters. The zero-order chi connectivity index (χ0) is 15.0. The fraction of sp³-hybridized carbons (Fsp3) is 0.176. The molecule has 0 amide bonds. The quantitative estimate of drug-likeness (QED) is 0.917. The molecule has 0 spiro atoms. The van der Waals surface area contributed by atoms with E-state index in [-0.39, 0.29) is 11.1 Å². The van der Waals surface area contributed by atoms with E-state index in [0.717, 1.165) is 0 Å². The molecule has 0 saturated carbocycles. The van der Waals surface area contributed by atoms with Gasteiger partial charge in [-0.1, -0.05) is 42.5 Å². The Hall–Kier alpha value is -2.46. The molecule has 0 radical (unpaired) electrons. The van der Waals surface area contributed by atoms with Crippen molar-refractivity contribution in [3.05, 3.63) is 65.7 Å². The Morgan fingerprint density at radius 2 is 1.52 bits per heavy atom. The van der Waals surface area contributed by atoms with E-state index in [9.17, 15) is 14.7 Å². The predicted molar refractivity (Wildman–Crippen MR) is 76.6 cm³/mol. The van der Waals surface area contributed by atoms with Gasteiger partial charge in [0, 0.05) is 11.1 Å². The third kappa shape index (κ3) is 2.04. The Bertz CT molecular complexity index is 708. The average molecular weight is 282 g/mol. The highest BCUT2D eigenvalue weighted by atomic mass is 16.5. The fourth-order valence-corrected chi connectivity index (χ4v) is 2.52. The summed E-state index contributed by atoms with van der Waals surface area (Å²) in [6.07, 6.45) is -1.53. The van der Waals surface area contributed by atoms with E-state index < -0.39 is 23.3 Å². The van der Waals surface area contributed by atoms with Crippen LogP contribution in [0.4, 0.5) is 0 Å². The van der Waals surface area contributed by atoms with E-state index in [1.165, 1.54) is 6.92 Å². The molecule has 4 nitrogen and oxygen atoms in total. The molecule has 0 aliphatic heterocycles. The van der Waals surface area contributed by atoms with Gasteiger partial charge in [-0.15, -0.1) is 0 Å². The highest BCUT2D eigenvalue weighted by Crippen LogP contribution is 2.32. The maximum atomic E-state index is 12.7. The molecule has 2 aromatic rings. The van der Waals surface area contributed by atoms with Gasteiger partial charge in [0.25, 0.3) is 0 Å². The van der Waals surface area contributed by atoms with Crippen LogP contribution in [0.5, 0.6) is 5.75 Å². The fourth-order valence-electron chi connectivity index (χ4n) is 2.52. The van der Waals surface area contributed by atoms with Gasteiger partial charge in [-0.2, -0.15) is 0 Å². The third-order valence-corrected chi connectivity index (χ3v) is 3.73. The number of hydrogen-bond acceptors (Lipinski definition) is 4. The van der Waals surface area contributed by atoms with Gasteiger partial charge >= 0.3 is 0 Å². The summed E-state index contributed by atoms with van der Waals surface area (Å²) in [4.78, 5) is 24.9. The van der Waals surface area contributed by atoms with Crippen LogP contribution < -0.4 is 4.74 Å². The van der Waals surface area contributed by atoms with Gasteiger partial charge in [0.15, 0.2) is 11.9 Å². The van der Waals surface area contributed by atoms with Crippen molar-refractivity contribution in [2.45, 2.75) is 18.6 Å².